The molecule has 4 N–H and O–H groups in total. The molecule has 2 fully saturated rings. The SMILES string of the molecule is CNNc1nc(N2CCOCC2)c2[nH]c(C(=O)NC3CCOCC3)cc2n1. The maximum atomic E-state index is 12.7. The Kier molecular flexibility index (Phi) is 5.37. The van der Waals surface area contributed by atoms with Gasteiger partial charge in [-0.15, -0.1) is 0 Å². The number of amides is 1. The van der Waals surface area contributed by atoms with Gasteiger partial charge in [-0.3, -0.25) is 10.2 Å². The molecule has 0 atom stereocenters. The van der Waals surface area contributed by atoms with Gasteiger partial charge in [0.2, 0.25) is 5.95 Å². The first-order chi connectivity index (χ1) is 13.2. The molecule has 0 spiro atoms. The largest absolute Gasteiger partial charge is 0.381 e. The zero-order valence-electron chi connectivity index (χ0n) is 15.4. The predicted octanol–water partition coefficient (Wildman–Crippen LogP) is 0.250. The summed E-state index contributed by atoms with van der Waals surface area (Å²) in [4.78, 5) is 27.2. The van der Waals surface area contributed by atoms with Gasteiger partial charge in [0.15, 0.2) is 5.82 Å². The van der Waals surface area contributed by atoms with Crippen LogP contribution in [0.3, 0.4) is 0 Å². The van der Waals surface area contributed by atoms with Gasteiger partial charge in [-0.05, 0) is 18.9 Å². The fourth-order valence-corrected chi connectivity index (χ4v) is 3.40. The van der Waals surface area contributed by atoms with Crippen LogP contribution >= 0.6 is 0 Å². The van der Waals surface area contributed by atoms with Crippen molar-refractivity contribution in [3.05, 3.63) is 11.8 Å². The molecule has 2 aromatic rings. The molecule has 10 nitrogen and oxygen atoms in total. The molecule has 0 aromatic carbocycles. The topological polar surface area (TPSA) is 116 Å². The number of morpholine rings is 1. The van der Waals surface area contributed by atoms with E-state index >= 15 is 0 Å². The molecule has 2 aliphatic rings. The fraction of sp³-hybridized carbons (Fsp3) is 0.588. The summed E-state index contributed by atoms with van der Waals surface area (Å²) in [5, 5.41) is 3.07. The number of aromatic amines is 1. The molecular weight excluding hydrogens is 350 g/mol. The third kappa shape index (κ3) is 3.97. The standard InChI is InChI=1S/C17H25N7O3/c1-18-23-17-21-12-10-13(16(25)19-11-2-6-26-7-3-11)20-14(12)15(22-17)24-4-8-27-9-5-24/h10-11,18,20H,2-9H2,1H3,(H,19,25)(H,21,22,23). The van der Waals surface area contributed by atoms with Crippen molar-refractivity contribution in [2.45, 2.75) is 18.9 Å². The number of nitrogens with zero attached hydrogens (tertiary/aromatic N) is 3. The summed E-state index contributed by atoms with van der Waals surface area (Å²) in [6, 6.07) is 1.92. The number of hydrogen-bond donors (Lipinski definition) is 4. The number of hydrazine groups is 1. The summed E-state index contributed by atoms with van der Waals surface area (Å²) in [6.07, 6.45) is 1.67. The molecule has 2 aliphatic heterocycles. The number of carbonyl (C=O) groups is 1. The molecule has 10 heteroatoms. The highest BCUT2D eigenvalue weighted by molar-refractivity contribution is 5.99. The number of rotatable bonds is 5. The van der Waals surface area contributed by atoms with E-state index in [2.05, 4.69) is 36.0 Å². The molecule has 146 valence electrons. The molecule has 1 amide bonds. The van der Waals surface area contributed by atoms with E-state index in [-0.39, 0.29) is 11.9 Å². The Balaban J connectivity index is 1.63. The predicted molar refractivity (Wildman–Crippen MR) is 101 cm³/mol. The summed E-state index contributed by atoms with van der Waals surface area (Å²) < 4.78 is 10.8. The van der Waals surface area contributed by atoms with Gasteiger partial charge < -0.3 is 24.7 Å². The Morgan fingerprint density at radius 2 is 1.93 bits per heavy atom. The number of nitrogens with one attached hydrogen (secondary N) is 4. The van der Waals surface area contributed by atoms with Crippen LogP contribution in [0.15, 0.2) is 6.07 Å². The third-order valence-corrected chi connectivity index (χ3v) is 4.81. The smallest absolute Gasteiger partial charge is 0.268 e. The first-order valence-electron chi connectivity index (χ1n) is 9.29. The van der Waals surface area contributed by atoms with Crippen LogP contribution < -0.4 is 21.1 Å². The Morgan fingerprint density at radius 1 is 1.19 bits per heavy atom. The summed E-state index contributed by atoms with van der Waals surface area (Å²) in [6.45, 7) is 4.16. The van der Waals surface area contributed by atoms with Gasteiger partial charge in [0.1, 0.15) is 11.2 Å². The van der Waals surface area contributed by atoms with Gasteiger partial charge in [-0.1, -0.05) is 0 Å². The molecule has 0 radical (unpaired) electrons. The number of carbonyl (C=O) groups excluding carboxylic acids is 1. The van der Waals surface area contributed by atoms with Crippen molar-refractivity contribution in [3.63, 3.8) is 0 Å². The van der Waals surface area contributed by atoms with Crippen LogP contribution in [0.5, 0.6) is 0 Å². The number of ether oxygens (including phenoxy) is 2. The quantitative estimate of drug-likeness (QED) is 0.550. The van der Waals surface area contributed by atoms with Gasteiger partial charge in [0, 0.05) is 39.4 Å². The summed E-state index contributed by atoms with van der Waals surface area (Å²) in [7, 11) is 1.76. The Morgan fingerprint density at radius 3 is 2.67 bits per heavy atom. The molecule has 27 heavy (non-hydrogen) atoms. The zero-order valence-corrected chi connectivity index (χ0v) is 15.4. The maximum absolute atomic E-state index is 12.7. The number of aromatic nitrogens is 3. The highest BCUT2D eigenvalue weighted by atomic mass is 16.5. The van der Waals surface area contributed by atoms with Gasteiger partial charge >= 0.3 is 0 Å². The second kappa shape index (κ2) is 8.07. The summed E-state index contributed by atoms with van der Waals surface area (Å²) in [5.74, 6) is 1.10. The lowest BCUT2D eigenvalue weighted by Crippen LogP contribution is -2.39. The Bertz CT molecular complexity index is 797. The molecule has 0 aliphatic carbocycles. The number of H-pyrrole nitrogens is 1. The molecule has 4 heterocycles. The molecular formula is C17H25N7O3. The van der Waals surface area contributed by atoms with Gasteiger partial charge in [0.05, 0.1) is 18.7 Å². The van der Waals surface area contributed by atoms with E-state index < -0.39 is 0 Å². The highest BCUT2D eigenvalue weighted by Gasteiger charge is 2.22. The third-order valence-electron chi connectivity index (χ3n) is 4.81. The second-order valence-corrected chi connectivity index (χ2v) is 6.65. The molecule has 0 bridgehead atoms. The lowest BCUT2D eigenvalue weighted by Gasteiger charge is -2.28. The minimum Gasteiger partial charge on any atom is -0.381 e. The average molecular weight is 375 g/mol. The van der Waals surface area contributed by atoms with Crippen LogP contribution in [0.2, 0.25) is 0 Å². The van der Waals surface area contributed by atoms with E-state index in [1.165, 1.54) is 0 Å². The monoisotopic (exact) mass is 375 g/mol. The number of fused-ring (bicyclic) bond motifs is 1. The van der Waals surface area contributed by atoms with E-state index in [1.807, 2.05) is 0 Å². The number of anilines is 2. The van der Waals surface area contributed by atoms with Crippen molar-refractivity contribution < 1.29 is 14.3 Å². The summed E-state index contributed by atoms with van der Waals surface area (Å²) in [5.41, 5.74) is 7.71. The van der Waals surface area contributed by atoms with Crippen molar-refractivity contribution in [1.29, 1.82) is 0 Å². The van der Waals surface area contributed by atoms with Crippen molar-refractivity contribution in [2.75, 3.05) is 56.9 Å². The molecule has 2 aromatic heterocycles. The van der Waals surface area contributed by atoms with E-state index in [0.717, 1.165) is 37.3 Å². The van der Waals surface area contributed by atoms with Crippen LogP contribution in [0.4, 0.5) is 11.8 Å². The van der Waals surface area contributed by atoms with Crippen LogP contribution in [0, 0.1) is 0 Å². The van der Waals surface area contributed by atoms with Gasteiger partial charge in [-0.25, -0.2) is 10.4 Å². The lowest BCUT2D eigenvalue weighted by atomic mass is 10.1. The zero-order chi connectivity index (χ0) is 18.6. The first-order valence-corrected chi connectivity index (χ1v) is 9.29. The van der Waals surface area contributed by atoms with Crippen molar-refractivity contribution >= 4 is 28.7 Å². The highest BCUT2D eigenvalue weighted by Crippen LogP contribution is 2.26. The number of hydrogen-bond acceptors (Lipinski definition) is 8. The van der Waals surface area contributed by atoms with Gasteiger partial charge in [0.25, 0.3) is 5.91 Å². The first kappa shape index (κ1) is 18.0. The van der Waals surface area contributed by atoms with E-state index in [1.54, 1.807) is 13.1 Å². The van der Waals surface area contributed by atoms with Crippen LogP contribution in [-0.2, 0) is 9.47 Å². The summed E-state index contributed by atoms with van der Waals surface area (Å²) >= 11 is 0. The molecule has 0 unspecified atom stereocenters. The van der Waals surface area contributed by atoms with Crippen LogP contribution in [-0.4, -0.2) is 73.5 Å². The fourth-order valence-electron chi connectivity index (χ4n) is 3.40. The average Bonchev–Trinajstić information content (AvgIpc) is 3.13. The van der Waals surface area contributed by atoms with Gasteiger partial charge in [-0.2, -0.15) is 4.98 Å². The van der Waals surface area contributed by atoms with E-state index in [0.29, 0.717) is 43.6 Å². The maximum Gasteiger partial charge on any atom is 0.268 e. The minimum absolute atomic E-state index is 0.129. The molecule has 0 saturated carbocycles. The van der Waals surface area contributed by atoms with E-state index in [9.17, 15) is 4.79 Å². The Labute approximate surface area is 157 Å². The van der Waals surface area contributed by atoms with E-state index in [4.69, 9.17) is 9.47 Å². The van der Waals surface area contributed by atoms with Crippen LogP contribution in [0.25, 0.3) is 11.0 Å². The van der Waals surface area contributed by atoms with Crippen LogP contribution in [0.1, 0.15) is 23.3 Å². The second-order valence-electron chi connectivity index (χ2n) is 6.65. The Hall–Kier alpha value is -2.43. The van der Waals surface area contributed by atoms with Crippen molar-refractivity contribution in [3.8, 4) is 0 Å². The minimum atomic E-state index is -0.129. The molecule has 2 saturated heterocycles. The normalized spacial score (nSPS) is 18.6. The van der Waals surface area contributed by atoms with Crippen molar-refractivity contribution in [1.82, 2.24) is 25.7 Å². The lowest BCUT2D eigenvalue weighted by molar-refractivity contribution is 0.0694. The molecule has 4 rings (SSSR count). The van der Waals surface area contributed by atoms with Crippen molar-refractivity contribution in [2.24, 2.45) is 0 Å².